The van der Waals surface area contributed by atoms with Crippen molar-refractivity contribution in [3.63, 3.8) is 0 Å². The molecule has 0 spiro atoms. The molecule has 0 bridgehead atoms. The molecule has 2 aromatic heterocycles. The first kappa shape index (κ1) is 20.9. The van der Waals surface area contributed by atoms with Crippen LogP contribution in [0, 0.1) is 0 Å². The molecule has 1 unspecified atom stereocenters. The molecule has 164 valence electrons. The lowest BCUT2D eigenvalue weighted by molar-refractivity contribution is 0.0599. The fourth-order valence-electron chi connectivity index (χ4n) is 4.11. The standard InChI is InChI=1S/C25H17ClN2O5/c1-32-25(31)16-6-4-15(5-7-16)21-20-22(29)18-11-17(26)8-9-19(18)33-23(20)24(30)28(21)13-14-3-2-10-27-12-14/h2-12,21H,13H2,1H3. The lowest BCUT2D eigenvalue weighted by Crippen LogP contribution is -2.29. The highest BCUT2D eigenvalue weighted by atomic mass is 35.5. The number of esters is 1. The Kier molecular flexibility index (Phi) is 5.18. The molecule has 0 fully saturated rings. The molecule has 1 atom stereocenters. The second-order valence-electron chi connectivity index (χ2n) is 7.62. The Morgan fingerprint density at radius 3 is 2.64 bits per heavy atom. The van der Waals surface area contributed by atoms with E-state index in [0.717, 1.165) is 5.56 Å². The Morgan fingerprint density at radius 2 is 1.94 bits per heavy atom. The first-order valence-corrected chi connectivity index (χ1v) is 10.5. The summed E-state index contributed by atoms with van der Waals surface area (Å²) in [5.74, 6) is -0.873. The molecule has 0 N–H and O–H groups in total. The topological polar surface area (TPSA) is 89.7 Å². The molecule has 8 heteroatoms. The van der Waals surface area contributed by atoms with Crippen LogP contribution in [0.4, 0.5) is 0 Å². The fourth-order valence-corrected chi connectivity index (χ4v) is 4.28. The Balaban J connectivity index is 1.70. The van der Waals surface area contributed by atoms with Gasteiger partial charge in [-0.15, -0.1) is 0 Å². The smallest absolute Gasteiger partial charge is 0.337 e. The van der Waals surface area contributed by atoms with Gasteiger partial charge >= 0.3 is 5.97 Å². The summed E-state index contributed by atoms with van der Waals surface area (Å²) < 4.78 is 10.7. The minimum atomic E-state index is -0.709. The Labute approximate surface area is 193 Å². The molecule has 4 aromatic rings. The average Bonchev–Trinajstić information content (AvgIpc) is 3.11. The molecule has 1 aliphatic heterocycles. The number of hydrogen-bond donors (Lipinski definition) is 0. The van der Waals surface area contributed by atoms with Crippen LogP contribution < -0.4 is 5.43 Å². The molecule has 0 radical (unpaired) electrons. The Morgan fingerprint density at radius 1 is 1.15 bits per heavy atom. The lowest BCUT2D eigenvalue weighted by atomic mass is 9.97. The van der Waals surface area contributed by atoms with Crippen LogP contribution in [0.25, 0.3) is 11.0 Å². The van der Waals surface area contributed by atoms with Crippen molar-refractivity contribution in [2.75, 3.05) is 7.11 Å². The SMILES string of the molecule is COC(=O)c1ccc(C2c3c(oc4ccc(Cl)cc4c3=O)C(=O)N2Cc2cccnc2)cc1. The van der Waals surface area contributed by atoms with Crippen LogP contribution in [-0.2, 0) is 11.3 Å². The van der Waals surface area contributed by atoms with E-state index in [9.17, 15) is 14.4 Å². The molecule has 0 aliphatic carbocycles. The first-order chi connectivity index (χ1) is 16.0. The van der Waals surface area contributed by atoms with E-state index in [1.165, 1.54) is 13.2 Å². The van der Waals surface area contributed by atoms with Gasteiger partial charge in [0.1, 0.15) is 5.58 Å². The maximum Gasteiger partial charge on any atom is 0.337 e. The predicted octanol–water partition coefficient (Wildman–Crippen LogP) is 4.37. The summed E-state index contributed by atoms with van der Waals surface area (Å²) in [5, 5.41) is 0.693. The van der Waals surface area contributed by atoms with Crippen molar-refractivity contribution in [2.45, 2.75) is 12.6 Å². The van der Waals surface area contributed by atoms with Gasteiger partial charge in [-0.05, 0) is 47.5 Å². The first-order valence-electron chi connectivity index (χ1n) is 10.1. The van der Waals surface area contributed by atoms with Crippen LogP contribution in [0.2, 0.25) is 5.02 Å². The van der Waals surface area contributed by atoms with Gasteiger partial charge < -0.3 is 14.1 Å². The van der Waals surface area contributed by atoms with E-state index in [-0.39, 0.29) is 23.3 Å². The maximum absolute atomic E-state index is 13.5. The van der Waals surface area contributed by atoms with Crippen molar-refractivity contribution < 1.29 is 18.7 Å². The van der Waals surface area contributed by atoms with Crippen LogP contribution in [-0.4, -0.2) is 28.9 Å². The fraction of sp³-hybridized carbons (Fsp3) is 0.120. The number of nitrogens with zero attached hydrogens (tertiary/aromatic N) is 2. The number of fused-ring (bicyclic) bond motifs is 2. The van der Waals surface area contributed by atoms with Crippen molar-refractivity contribution in [1.29, 1.82) is 0 Å². The number of benzene rings is 2. The zero-order valence-corrected chi connectivity index (χ0v) is 18.2. The molecule has 7 nitrogen and oxygen atoms in total. The Bertz CT molecular complexity index is 1450. The van der Waals surface area contributed by atoms with Crippen LogP contribution in [0.3, 0.4) is 0 Å². The monoisotopic (exact) mass is 460 g/mol. The van der Waals surface area contributed by atoms with Crippen molar-refractivity contribution in [3.8, 4) is 0 Å². The summed E-state index contributed by atoms with van der Waals surface area (Å²) in [5.41, 5.74) is 2.03. The molecular weight excluding hydrogens is 444 g/mol. The number of methoxy groups -OCH3 is 1. The van der Waals surface area contributed by atoms with Crippen molar-refractivity contribution in [1.82, 2.24) is 9.88 Å². The van der Waals surface area contributed by atoms with E-state index >= 15 is 0 Å². The van der Waals surface area contributed by atoms with E-state index in [2.05, 4.69) is 4.98 Å². The maximum atomic E-state index is 13.5. The van der Waals surface area contributed by atoms with E-state index in [1.54, 1.807) is 59.8 Å². The van der Waals surface area contributed by atoms with Crippen molar-refractivity contribution >= 4 is 34.4 Å². The minimum absolute atomic E-state index is 0.000701. The van der Waals surface area contributed by atoms with Gasteiger partial charge in [0.15, 0.2) is 5.43 Å². The summed E-state index contributed by atoms with van der Waals surface area (Å²) in [4.78, 5) is 44.5. The second kappa shape index (κ2) is 8.18. The quantitative estimate of drug-likeness (QED) is 0.420. The van der Waals surface area contributed by atoms with Gasteiger partial charge in [-0.1, -0.05) is 29.8 Å². The van der Waals surface area contributed by atoms with E-state index in [1.807, 2.05) is 6.07 Å². The minimum Gasteiger partial charge on any atom is -0.465 e. The molecular formula is C25H17ClN2O5. The van der Waals surface area contributed by atoms with E-state index < -0.39 is 17.9 Å². The summed E-state index contributed by atoms with van der Waals surface area (Å²) in [6.45, 7) is 0.219. The third-order valence-corrected chi connectivity index (χ3v) is 5.89. The second-order valence-corrected chi connectivity index (χ2v) is 8.06. The number of halogens is 1. The summed E-state index contributed by atoms with van der Waals surface area (Å²) in [7, 11) is 1.30. The van der Waals surface area contributed by atoms with Crippen LogP contribution in [0.5, 0.6) is 0 Å². The van der Waals surface area contributed by atoms with E-state index in [0.29, 0.717) is 27.1 Å². The van der Waals surface area contributed by atoms with Gasteiger partial charge in [-0.25, -0.2) is 4.79 Å². The Hall–Kier alpha value is -3.97. The molecule has 33 heavy (non-hydrogen) atoms. The largest absolute Gasteiger partial charge is 0.465 e. The highest BCUT2D eigenvalue weighted by Crippen LogP contribution is 2.39. The van der Waals surface area contributed by atoms with Gasteiger partial charge in [-0.2, -0.15) is 0 Å². The van der Waals surface area contributed by atoms with Crippen LogP contribution in [0.1, 0.15) is 43.6 Å². The summed E-state index contributed by atoms with van der Waals surface area (Å²) in [6, 6.07) is 14.3. The third-order valence-electron chi connectivity index (χ3n) is 5.65. The summed E-state index contributed by atoms with van der Waals surface area (Å²) >= 11 is 6.11. The molecule has 2 aromatic carbocycles. The number of pyridine rings is 1. The van der Waals surface area contributed by atoms with Crippen molar-refractivity contribution in [3.05, 3.63) is 110 Å². The zero-order valence-electron chi connectivity index (χ0n) is 17.4. The number of amides is 1. The molecule has 1 amide bonds. The molecule has 0 saturated carbocycles. The number of carbonyl (C=O) groups excluding carboxylic acids is 2. The van der Waals surface area contributed by atoms with Gasteiger partial charge in [0.05, 0.1) is 29.7 Å². The number of hydrogen-bond acceptors (Lipinski definition) is 6. The zero-order chi connectivity index (χ0) is 23.1. The lowest BCUT2D eigenvalue weighted by Gasteiger charge is -2.25. The number of rotatable bonds is 4. The molecule has 1 aliphatic rings. The highest BCUT2D eigenvalue weighted by molar-refractivity contribution is 6.31. The number of carbonyl (C=O) groups is 2. The van der Waals surface area contributed by atoms with Gasteiger partial charge in [0.25, 0.3) is 5.91 Å². The number of ether oxygens (including phenoxy) is 1. The van der Waals surface area contributed by atoms with Crippen molar-refractivity contribution in [2.24, 2.45) is 0 Å². The molecule has 0 saturated heterocycles. The third kappa shape index (κ3) is 3.56. The van der Waals surface area contributed by atoms with Gasteiger partial charge in [-0.3, -0.25) is 14.6 Å². The normalized spacial score (nSPS) is 15.0. The number of aromatic nitrogens is 1. The predicted molar refractivity (Wildman–Crippen MR) is 121 cm³/mol. The van der Waals surface area contributed by atoms with Gasteiger partial charge in [0.2, 0.25) is 5.76 Å². The van der Waals surface area contributed by atoms with E-state index in [4.69, 9.17) is 20.8 Å². The average molecular weight is 461 g/mol. The van der Waals surface area contributed by atoms with Crippen LogP contribution in [0.15, 0.2) is 76.2 Å². The summed E-state index contributed by atoms with van der Waals surface area (Å²) in [6.07, 6.45) is 3.31. The molecule has 3 heterocycles. The molecule has 5 rings (SSSR count). The highest BCUT2D eigenvalue weighted by Gasteiger charge is 2.42. The van der Waals surface area contributed by atoms with Gasteiger partial charge in [0, 0.05) is 24.0 Å². The van der Waals surface area contributed by atoms with Crippen LogP contribution >= 0.6 is 11.6 Å².